The summed E-state index contributed by atoms with van der Waals surface area (Å²) in [5, 5.41) is 10.5. The zero-order valence-corrected chi connectivity index (χ0v) is 55.8. The number of phosphoric acid groups is 2. The third-order valence-electron chi connectivity index (χ3n) is 15.4. The topological polar surface area (TPSA) is 237 Å². The van der Waals surface area contributed by atoms with Crippen LogP contribution >= 0.6 is 15.6 Å². The maximum atomic E-state index is 13.0. The highest BCUT2D eigenvalue weighted by Gasteiger charge is 2.30. The molecule has 6 atom stereocenters. The van der Waals surface area contributed by atoms with Gasteiger partial charge in [0.25, 0.3) is 0 Å². The smallest absolute Gasteiger partial charge is 0.462 e. The fourth-order valence-electron chi connectivity index (χ4n) is 9.73. The number of hydrogen-bond donors (Lipinski definition) is 3. The van der Waals surface area contributed by atoms with Gasteiger partial charge in [-0.2, -0.15) is 0 Å². The van der Waals surface area contributed by atoms with E-state index in [9.17, 15) is 43.2 Å². The minimum absolute atomic E-state index is 0.106. The van der Waals surface area contributed by atoms with Crippen molar-refractivity contribution in [1.29, 1.82) is 0 Å². The van der Waals surface area contributed by atoms with E-state index in [1.807, 2.05) is 0 Å². The van der Waals surface area contributed by atoms with E-state index >= 15 is 0 Å². The molecule has 0 aliphatic rings. The first-order valence-electron chi connectivity index (χ1n) is 34.2. The Bertz CT molecular complexity index is 1640. The third-order valence-corrected chi connectivity index (χ3v) is 17.3. The number of ether oxygens (including phenoxy) is 4. The monoisotopic (exact) mass is 1240 g/mol. The molecule has 498 valence electrons. The van der Waals surface area contributed by atoms with E-state index in [4.69, 9.17) is 37.0 Å². The second-order valence-electron chi connectivity index (χ2n) is 23.7. The SMILES string of the molecule is CCCCCCCCCCCCCCCCC(=O)O[C@H](COC(=O)CCCCCCCCC(C)CC)COP(=O)(O)OC[C@@H](O)COP(=O)(O)OC[C@@H](COC(=O)CCCCCCCCCCCC)OC(=O)CCCCCCCCCCCC. The first-order chi connectivity index (χ1) is 40.6. The Labute approximate surface area is 511 Å². The molecule has 3 N–H and O–H groups in total. The van der Waals surface area contributed by atoms with Gasteiger partial charge in [0.15, 0.2) is 12.2 Å². The van der Waals surface area contributed by atoms with Crippen molar-refractivity contribution < 1.29 is 80.2 Å². The lowest BCUT2D eigenvalue weighted by atomic mass is 10.00. The summed E-state index contributed by atoms with van der Waals surface area (Å²) >= 11 is 0. The average Bonchev–Trinajstić information content (AvgIpc) is 3.55. The fourth-order valence-corrected chi connectivity index (χ4v) is 11.3. The molecule has 0 aliphatic carbocycles. The molecule has 0 saturated carbocycles. The molecule has 3 unspecified atom stereocenters. The van der Waals surface area contributed by atoms with Crippen LogP contribution in [0.4, 0.5) is 0 Å². The van der Waals surface area contributed by atoms with Gasteiger partial charge in [-0.05, 0) is 31.6 Å². The maximum absolute atomic E-state index is 13.0. The number of unbranched alkanes of at least 4 members (excludes halogenated alkanes) is 36. The van der Waals surface area contributed by atoms with Gasteiger partial charge in [-0.25, -0.2) is 9.13 Å². The van der Waals surface area contributed by atoms with Crippen molar-refractivity contribution in [3.8, 4) is 0 Å². The predicted octanol–water partition coefficient (Wildman–Crippen LogP) is 18.2. The largest absolute Gasteiger partial charge is 0.472 e. The summed E-state index contributed by atoms with van der Waals surface area (Å²) in [6.45, 7) is 7.15. The molecule has 19 heteroatoms. The second kappa shape index (κ2) is 58.7. The number of phosphoric ester groups is 2. The molecular formula is C65H126O17P2. The molecule has 0 radical (unpaired) electrons. The van der Waals surface area contributed by atoms with Gasteiger partial charge in [0, 0.05) is 25.7 Å². The van der Waals surface area contributed by atoms with E-state index in [2.05, 4.69) is 34.6 Å². The van der Waals surface area contributed by atoms with Gasteiger partial charge in [0.2, 0.25) is 0 Å². The molecule has 0 fully saturated rings. The molecule has 0 spiro atoms. The summed E-state index contributed by atoms with van der Waals surface area (Å²) in [6, 6.07) is 0. The standard InChI is InChI=1S/C65H126O17P2/c1-6-10-13-16-19-22-25-26-27-28-31-34-41-46-51-65(70)82-61(55-76-63(68)49-44-39-36-35-37-42-47-58(5)9-4)57-80-84(73,74)78-53-59(66)52-77-83(71,72)79-56-60(81-64(69)50-45-40-33-30-24-21-18-15-12-8-3)54-75-62(67)48-43-38-32-29-23-20-17-14-11-7-2/h58-61,66H,6-57H2,1-5H3,(H,71,72)(H,73,74)/t58?,59-,60+,61+/m0/s1. The molecule has 84 heavy (non-hydrogen) atoms. The van der Waals surface area contributed by atoms with Crippen molar-refractivity contribution >= 4 is 39.5 Å². The Kier molecular flexibility index (Phi) is 57.4. The first-order valence-corrected chi connectivity index (χ1v) is 37.2. The lowest BCUT2D eigenvalue weighted by molar-refractivity contribution is -0.161. The molecule has 0 aromatic rings. The molecule has 0 aromatic carbocycles. The summed E-state index contributed by atoms with van der Waals surface area (Å²) in [6.07, 6.45) is 42.9. The van der Waals surface area contributed by atoms with Crippen molar-refractivity contribution in [3.63, 3.8) is 0 Å². The maximum Gasteiger partial charge on any atom is 0.472 e. The second-order valence-corrected chi connectivity index (χ2v) is 26.7. The summed E-state index contributed by atoms with van der Waals surface area (Å²) in [4.78, 5) is 72.2. The predicted molar refractivity (Wildman–Crippen MR) is 335 cm³/mol. The molecule has 0 saturated heterocycles. The lowest BCUT2D eigenvalue weighted by Crippen LogP contribution is -2.30. The van der Waals surface area contributed by atoms with E-state index in [1.165, 1.54) is 148 Å². The molecule has 0 aromatic heterocycles. The van der Waals surface area contributed by atoms with Crippen LogP contribution in [0.15, 0.2) is 0 Å². The summed E-state index contributed by atoms with van der Waals surface area (Å²) < 4.78 is 68.0. The van der Waals surface area contributed by atoms with Crippen molar-refractivity contribution in [3.05, 3.63) is 0 Å². The third kappa shape index (κ3) is 57.8. The van der Waals surface area contributed by atoms with Gasteiger partial charge < -0.3 is 33.8 Å². The molecular weight excluding hydrogens is 1110 g/mol. The highest BCUT2D eigenvalue weighted by atomic mass is 31.2. The van der Waals surface area contributed by atoms with Crippen LogP contribution in [0.1, 0.15) is 330 Å². The summed E-state index contributed by atoms with van der Waals surface area (Å²) in [5.74, 6) is -1.40. The van der Waals surface area contributed by atoms with Crippen LogP contribution in [0.2, 0.25) is 0 Å². The van der Waals surface area contributed by atoms with Crippen molar-refractivity contribution in [2.75, 3.05) is 39.6 Å². The van der Waals surface area contributed by atoms with Crippen molar-refractivity contribution in [2.45, 2.75) is 348 Å². The van der Waals surface area contributed by atoms with Crippen LogP contribution in [0.25, 0.3) is 0 Å². The normalized spacial score (nSPS) is 14.5. The Morgan fingerprint density at radius 1 is 0.333 bits per heavy atom. The van der Waals surface area contributed by atoms with E-state index < -0.39 is 97.5 Å². The minimum atomic E-state index is -4.94. The number of esters is 4. The number of aliphatic hydroxyl groups excluding tert-OH is 1. The molecule has 0 rings (SSSR count). The summed E-state index contributed by atoms with van der Waals surface area (Å²) in [5.41, 5.74) is 0. The fraction of sp³-hybridized carbons (Fsp3) is 0.938. The number of carbonyl (C=O) groups is 4. The van der Waals surface area contributed by atoms with Crippen LogP contribution in [0.3, 0.4) is 0 Å². The van der Waals surface area contributed by atoms with Crippen molar-refractivity contribution in [2.24, 2.45) is 5.92 Å². The Hall–Kier alpha value is -1.94. The van der Waals surface area contributed by atoms with E-state index in [0.717, 1.165) is 102 Å². The highest BCUT2D eigenvalue weighted by molar-refractivity contribution is 7.47. The van der Waals surface area contributed by atoms with Gasteiger partial charge in [0.05, 0.1) is 26.4 Å². The number of aliphatic hydroxyl groups is 1. The van der Waals surface area contributed by atoms with Gasteiger partial charge in [0.1, 0.15) is 19.3 Å². The quantitative estimate of drug-likeness (QED) is 0.0222. The number of hydrogen-bond acceptors (Lipinski definition) is 15. The van der Waals surface area contributed by atoms with Crippen LogP contribution < -0.4 is 0 Å². The molecule has 0 heterocycles. The Morgan fingerprint density at radius 2 is 0.571 bits per heavy atom. The van der Waals surface area contributed by atoms with E-state index in [1.54, 1.807) is 0 Å². The van der Waals surface area contributed by atoms with E-state index in [0.29, 0.717) is 25.7 Å². The molecule has 0 aliphatic heterocycles. The van der Waals surface area contributed by atoms with Gasteiger partial charge in [-0.15, -0.1) is 0 Å². The zero-order valence-electron chi connectivity index (χ0n) is 54.0. The summed E-state index contributed by atoms with van der Waals surface area (Å²) in [7, 11) is -9.89. The van der Waals surface area contributed by atoms with Crippen LogP contribution in [-0.4, -0.2) is 96.7 Å². The van der Waals surface area contributed by atoms with Gasteiger partial charge >= 0.3 is 39.5 Å². The first kappa shape index (κ1) is 82.1. The highest BCUT2D eigenvalue weighted by Crippen LogP contribution is 2.45. The average molecular weight is 1240 g/mol. The van der Waals surface area contributed by atoms with Gasteiger partial charge in [-0.1, -0.05) is 279 Å². The van der Waals surface area contributed by atoms with Crippen molar-refractivity contribution in [1.82, 2.24) is 0 Å². The van der Waals surface area contributed by atoms with Crippen LogP contribution in [-0.2, 0) is 65.4 Å². The van der Waals surface area contributed by atoms with Crippen LogP contribution in [0, 0.1) is 5.92 Å². The molecule has 0 amide bonds. The van der Waals surface area contributed by atoms with E-state index in [-0.39, 0.29) is 25.7 Å². The minimum Gasteiger partial charge on any atom is -0.462 e. The Morgan fingerprint density at radius 3 is 0.845 bits per heavy atom. The lowest BCUT2D eigenvalue weighted by Gasteiger charge is -2.21. The molecule has 17 nitrogen and oxygen atoms in total. The Balaban J connectivity index is 5.23. The number of rotatable bonds is 65. The van der Waals surface area contributed by atoms with Gasteiger partial charge in [-0.3, -0.25) is 37.3 Å². The van der Waals surface area contributed by atoms with Crippen LogP contribution in [0.5, 0.6) is 0 Å². The number of carbonyl (C=O) groups excluding carboxylic acids is 4. The zero-order chi connectivity index (χ0) is 62.0. The molecule has 0 bridgehead atoms.